The first-order chi connectivity index (χ1) is 3.46. The number of hydrogen-bond acceptors (Lipinski definition) is 6. The summed E-state index contributed by atoms with van der Waals surface area (Å²) in [4.78, 5) is 0. The minimum absolute atomic E-state index is 0. The van der Waals surface area contributed by atoms with Crippen LogP contribution in [0.4, 0.5) is 0 Å². The Morgan fingerprint density at radius 2 is 0.900 bits per heavy atom. The van der Waals surface area contributed by atoms with Crippen LogP contribution in [0, 0.1) is 0 Å². The largest absolute Gasteiger partial charge is 2.00 e. The zero-order chi connectivity index (χ0) is 7.15. The fraction of sp³-hybridized carbons (Fsp3) is 0. The Morgan fingerprint density at radius 1 is 0.900 bits per heavy atom. The predicted octanol–water partition coefficient (Wildman–Crippen LogP) is -7.01. The molecule has 0 aliphatic rings. The van der Waals surface area contributed by atoms with Gasteiger partial charge in [-0.05, 0) is 0 Å². The summed E-state index contributed by atoms with van der Waals surface area (Å²) in [6.45, 7) is 0. The van der Waals surface area contributed by atoms with Crippen molar-refractivity contribution in [2.45, 2.75) is 0 Å². The van der Waals surface area contributed by atoms with Crippen LogP contribution >= 0.6 is 0 Å². The molecule has 0 atom stereocenters. The topological polar surface area (TPSA) is 133 Å². The smallest absolute Gasteiger partial charge is 0.907 e. The van der Waals surface area contributed by atoms with Crippen molar-refractivity contribution in [1.29, 1.82) is 0 Å². The van der Waals surface area contributed by atoms with Crippen molar-refractivity contribution in [3.63, 3.8) is 0 Å². The van der Waals surface area contributed by atoms with E-state index in [0.717, 1.165) is 0 Å². The second-order valence-electron chi connectivity index (χ2n) is 0.615. The molecule has 0 unspecified atom stereocenters. The molecule has 6 nitrogen and oxygen atoms in total. The molecule has 2 N–H and O–H groups in total. The quantitative estimate of drug-likeness (QED) is 0.373. The number of rotatable bonds is 0. The third-order valence-electron chi connectivity index (χ3n) is 0. The third kappa shape index (κ3) is 444. The molecule has 10 heteroatoms. The van der Waals surface area contributed by atoms with Crippen molar-refractivity contribution in [3.05, 3.63) is 0 Å². The van der Waals surface area contributed by atoms with Crippen LogP contribution in [0.15, 0.2) is 0 Å². The average molecular weight is 200 g/mol. The molecule has 0 aromatic carbocycles. The van der Waals surface area contributed by atoms with Gasteiger partial charge in [0.25, 0.3) is 0 Å². The van der Waals surface area contributed by atoms with Crippen LogP contribution < -0.4 is 20.1 Å². The van der Waals surface area contributed by atoms with E-state index in [1.165, 1.54) is 0 Å². The summed E-state index contributed by atoms with van der Waals surface area (Å²) in [6.07, 6.45) is 0. The second-order valence-corrected chi connectivity index (χ2v) is 0.615. The Balaban J connectivity index is -0.0000000300. The Morgan fingerprint density at radius 3 is 0.900 bits per heavy atom. The normalized spacial score (nSPS) is 5.40. The van der Waals surface area contributed by atoms with Gasteiger partial charge in [0, 0.05) is 0 Å². The van der Waals surface area contributed by atoms with Gasteiger partial charge >= 0.3 is 47.4 Å². The fourth-order valence-corrected chi connectivity index (χ4v) is 0. The minimum Gasteiger partial charge on any atom is -0.907 e. The molecule has 0 aliphatic heterocycles. The van der Waals surface area contributed by atoms with Crippen LogP contribution in [0.3, 0.4) is 0 Å². The first-order valence-electron chi connectivity index (χ1n) is 1.46. The van der Waals surface area contributed by atoms with Crippen LogP contribution in [-0.2, 0) is 17.1 Å². The Labute approximate surface area is 84.9 Å². The van der Waals surface area contributed by atoms with Crippen LogP contribution in [0.1, 0.15) is 0 Å². The van der Waals surface area contributed by atoms with Gasteiger partial charge < -0.3 is 30.1 Å². The standard InChI is InChI=1S/BH2O3.BO3.Fe.Mg/c2*2-1(3)4;;/h2-3H;;;/q-1;-3;2*+2. The van der Waals surface area contributed by atoms with Gasteiger partial charge in [0.2, 0.25) is 0 Å². The molecule has 0 radical (unpaired) electrons. The number of hydrogen-bond donors (Lipinski definition) is 2. The molecule has 0 spiro atoms. The van der Waals surface area contributed by atoms with E-state index in [4.69, 9.17) is 30.1 Å². The van der Waals surface area contributed by atoms with Crippen molar-refractivity contribution in [2.75, 3.05) is 0 Å². The molecular weight excluding hydrogens is 198 g/mol. The van der Waals surface area contributed by atoms with E-state index in [1.54, 1.807) is 0 Å². The molecule has 0 fully saturated rings. The molecule has 0 aromatic heterocycles. The van der Waals surface area contributed by atoms with Gasteiger partial charge in [-0.1, -0.05) is 0 Å². The molecule has 0 saturated carbocycles. The van der Waals surface area contributed by atoms with E-state index in [-0.39, 0.29) is 40.1 Å². The Hall–Kier alpha value is 1.18. The maximum Gasteiger partial charge on any atom is 2.00 e. The van der Waals surface area contributed by atoms with E-state index in [9.17, 15) is 0 Å². The van der Waals surface area contributed by atoms with Crippen molar-refractivity contribution in [3.8, 4) is 0 Å². The minimum atomic E-state index is -2.92. The first-order valence-corrected chi connectivity index (χ1v) is 1.46. The summed E-state index contributed by atoms with van der Waals surface area (Å²) in [5, 5.41) is 48.0. The summed E-state index contributed by atoms with van der Waals surface area (Å²) in [7, 11) is -5.33. The molecule has 0 amide bonds. The van der Waals surface area contributed by atoms with Gasteiger partial charge in [0.05, 0.1) is 0 Å². The summed E-state index contributed by atoms with van der Waals surface area (Å²) >= 11 is 0. The average Bonchev–Trinajstić information content (AvgIpc) is 1.25. The van der Waals surface area contributed by atoms with E-state index in [2.05, 4.69) is 0 Å². The van der Waals surface area contributed by atoms with E-state index in [1.807, 2.05) is 0 Å². The van der Waals surface area contributed by atoms with Crippen molar-refractivity contribution >= 4 is 37.7 Å². The molecule has 0 rings (SSSR count). The van der Waals surface area contributed by atoms with E-state index < -0.39 is 14.6 Å². The second kappa shape index (κ2) is 16.6. The zero-order valence-corrected chi connectivity index (χ0v) is 7.26. The maximum atomic E-state index is 8.64. The van der Waals surface area contributed by atoms with Gasteiger partial charge in [-0.15, -0.1) is 0 Å². The summed E-state index contributed by atoms with van der Waals surface area (Å²) in [6, 6.07) is 0. The van der Waals surface area contributed by atoms with Crippen LogP contribution in [0.25, 0.3) is 0 Å². The van der Waals surface area contributed by atoms with Crippen molar-refractivity contribution in [2.24, 2.45) is 0 Å². The molecule has 0 aliphatic carbocycles. The molecule has 0 saturated heterocycles. The molecule has 0 aromatic rings. The molecular formula is H2B2FeMgO6. The third-order valence-corrected chi connectivity index (χ3v) is 0. The molecule has 0 heterocycles. The Kier molecular flexibility index (Phi) is 37.4. The monoisotopic (exact) mass is 200 g/mol. The predicted molar refractivity (Wildman–Crippen MR) is 21.7 cm³/mol. The summed E-state index contributed by atoms with van der Waals surface area (Å²) in [5.41, 5.74) is 0. The SMILES string of the molecule is [Fe+2].[Mg+2].[O-]B(O)O.[O-]B([O-])[O-]. The first kappa shape index (κ1) is 22.5. The van der Waals surface area contributed by atoms with Gasteiger partial charge in [0.1, 0.15) is 0 Å². The Bertz CT molecular complexity index is 31.2. The summed E-state index contributed by atoms with van der Waals surface area (Å²) in [5.74, 6) is 0. The maximum absolute atomic E-state index is 8.64. The van der Waals surface area contributed by atoms with Crippen LogP contribution in [-0.4, -0.2) is 47.7 Å². The zero-order valence-electron chi connectivity index (χ0n) is 4.74. The van der Waals surface area contributed by atoms with Crippen LogP contribution in [0.5, 0.6) is 0 Å². The van der Waals surface area contributed by atoms with Gasteiger partial charge in [0.15, 0.2) is 0 Å². The van der Waals surface area contributed by atoms with Gasteiger partial charge in [-0.2, -0.15) is 0 Å². The van der Waals surface area contributed by atoms with E-state index >= 15 is 0 Å². The molecule has 10 heavy (non-hydrogen) atoms. The van der Waals surface area contributed by atoms with Crippen molar-refractivity contribution < 1.29 is 47.2 Å². The molecule has 0 bridgehead atoms. The van der Waals surface area contributed by atoms with Gasteiger partial charge in [-0.25, -0.2) is 0 Å². The van der Waals surface area contributed by atoms with Crippen LogP contribution in [0.2, 0.25) is 0 Å². The van der Waals surface area contributed by atoms with Gasteiger partial charge in [-0.3, -0.25) is 7.32 Å². The van der Waals surface area contributed by atoms with Crippen molar-refractivity contribution in [1.82, 2.24) is 0 Å². The molecule has 54 valence electrons. The summed E-state index contributed by atoms with van der Waals surface area (Å²) < 4.78 is 0. The fourth-order valence-electron chi connectivity index (χ4n) is 0. The van der Waals surface area contributed by atoms with E-state index in [0.29, 0.717) is 0 Å².